The van der Waals surface area contributed by atoms with E-state index >= 15 is 0 Å². The third-order valence-electron chi connectivity index (χ3n) is 4.48. The van der Waals surface area contributed by atoms with Crippen molar-refractivity contribution in [2.24, 2.45) is 0 Å². The predicted octanol–water partition coefficient (Wildman–Crippen LogP) is 3.80. The summed E-state index contributed by atoms with van der Waals surface area (Å²) >= 11 is 0. The van der Waals surface area contributed by atoms with Crippen LogP contribution in [-0.4, -0.2) is 25.0 Å². The van der Waals surface area contributed by atoms with Gasteiger partial charge in [-0.25, -0.2) is 0 Å². The van der Waals surface area contributed by atoms with Crippen LogP contribution in [0.3, 0.4) is 0 Å². The molecule has 0 unspecified atom stereocenters. The van der Waals surface area contributed by atoms with Crippen LogP contribution in [0.15, 0.2) is 48.5 Å². The first-order valence-electron chi connectivity index (χ1n) is 8.28. The first kappa shape index (κ1) is 15.6. The standard InChI is InChI=1S/C20H24N2O/c1-15(2)22(18-10-8-16(3)9-11-18)14-20(23)21-13-12-17-6-4-5-7-19(17)21/h4-11,15H,12-14H2,1-3H3. The summed E-state index contributed by atoms with van der Waals surface area (Å²) in [6, 6.07) is 16.9. The molecule has 1 aliphatic heterocycles. The summed E-state index contributed by atoms with van der Waals surface area (Å²) in [5.41, 5.74) is 4.68. The lowest BCUT2D eigenvalue weighted by Gasteiger charge is -2.30. The topological polar surface area (TPSA) is 23.6 Å². The highest BCUT2D eigenvalue weighted by molar-refractivity contribution is 5.98. The number of benzene rings is 2. The maximum absolute atomic E-state index is 12.8. The van der Waals surface area contributed by atoms with Gasteiger partial charge in [-0.2, -0.15) is 0 Å². The second kappa shape index (κ2) is 6.45. The van der Waals surface area contributed by atoms with E-state index < -0.39 is 0 Å². The number of aryl methyl sites for hydroxylation is 1. The van der Waals surface area contributed by atoms with E-state index in [1.54, 1.807) is 0 Å². The van der Waals surface area contributed by atoms with Crippen LogP contribution in [0, 0.1) is 6.92 Å². The molecule has 120 valence electrons. The van der Waals surface area contributed by atoms with Gasteiger partial charge in [-0.15, -0.1) is 0 Å². The molecule has 3 rings (SSSR count). The zero-order chi connectivity index (χ0) is 16.4. The van der Waals surface area contributed by atoms with E-state index in [-0.39, 0.29) is 11.9 Å². The van der Waals surface area contributed by atoms with E-state index in [2.05, 4.69) is 56.0 Å². The van der Waals surface area contributed by atoms with Crippen molar-refractivity contribution in [2.75, 3.05) is 22.9 Å². The largest absolute Gasteiger partial charge is 0.360 e. The summed E-state index contributed by atoms with van der Waals surface area (Å²) in [7, 11) is 0. The number of fused-ring (bicyclic) bond motifs is 1. The van der Waals surface area contributed by atoms with Crippen molar-refractivity contribution >= 4 is 17.3 Å². The number of para-hydroxylation sites is 1. The molecule has 0 bridgehead atoms. The van der Waals surface area contributed by atoms with E-state index in [1.165, 1.54) is 11.1 Å². The van der Waals surface area contributed by atoms with Crippen LogP contribution in [-0.2, 0) is 11.2 Å². The summed E-state index contributed by atoms with van der Waals surface area (Å²) in [4.78, 5) is 16.9. The average Bonchev–Trinajstić information content (AvgIpc) is 2.97. The molecule has 2 aromatic carbocycles. The van der Waals surface area contributed by atoms with Crippen LogP contribution in [0.4, 0.5) is 11.4 Å². The van der Waals surface area contributed by atoms with Crippen molar-refractivity contribution in [2.45, 2.75) is 33.2 Å². The third-order valence-corrected chi connectivity index (χ3v) is 4.48. The molecular formula is C20H24N2O. The van der Waals surface area contributed by atoms with Gasteiger partial charge in [-0.05, 0) is 51.0 Å². The molecule has 3 nitrogen and oxygen atoms in total. The van der Waals surface area contributed by atoms with Gasteiger partial charge >= 0.3 is 0 Å². The lowest BCUT2D eigenvalue weighted by Crippen LogP contribution is -2.42. The maximum atomic E-state index is 12.8. The summed E-state index contributed by atoms with van der Waals surface area (Å²) in [6.07, 6.45) is 0.953. The summed E-state index contributed by atoms with van der Waals surface area (Å²) in [5, 5.41) is 0. The first-order chi connectivity index (χ1) is 11.1. The number of amides is 1. The molecule has 0 aromatic heterocycles. The lowest BCUT2D eigenvalue weighted by molar-refractivity contribution is -0.117. The Bertz CT molecular complexity index is 691. The smallest absolute Gasteiger partial charge is 0.246 e. The van der Waals surface area contributed by atoms with Gasteiger partial charge in [0.25, 0.3) is 0 Å². The minimum atomic E-state index is 0.171. The van der Waals surface area contributed by atoms with Crippen LogP contribution in [0.5, 0.6) is 0 Å². The molecule has 0 saturated heterocycles. The number of anilines is 2. The van der Waals surface area contributed by atoms with Crippen LogP contribution in [0.2, 0.25) is 0 Å². The molecular weight excluding hydrogens is 284 g/mol. The zero-order valence-corrected chi connectivity index (χ0v) is 14.1. The zero-order valence-electron chi connectivity index (χ0n) is 14.1. The number of hydrogen-bond donors (Lipinski definition) is 0. The van der Waals surface area contributed by atoms with E-state index in [4.69, 9.17) is 0 Å². The number of hydrogen-bond acceptors (Lipinski definition) is 2. The second-order valence-corrected chi connectivity index (χ2v) is 6.48. The minimum Gasteiger partial charge on any atom is -0.360 e. The van der Waals surface area contributed by atoms with Gasteiger partial charge in [-0.3, -0.25) is 4.79 Å². The number of carbonyl (C=O) groups excluding carboxylic acids is 1. The Morgan fingerprint density at radius 2 is 1.83 bits per heavy atom. The molecule has 0 saturated carbocycles. The molecule has 0 fully saturated rings. The Morgan fingerprint density at radius 1 is 1.13 bits per heavy atom. The van der Waals surface area contributed by atoms with Crippen molar-refractivity contribution in [3.8, 4) is 0 Å². The van der Waals surface area contributed by atoms with Gasteiger partial charge in [0.15, 0.2) is 0 Å². The van der Waals surface area contributed by atoms with Gasteiger partial charge in [0, 0.05) is 24.0 Å². The van der Waals surface area contributed by atoms with E-state index in [9.17, 15) is 4.79 Å². The Morgan fingerprint density at radius 3 is 2.52 bits per heavy atom. The van der Waals surface area contributed by atoms with Gasteiger partial charge < -0.3 is 9.80 Å². The summed E-state index contributed by atoms with van der Waals surface area (Å²) in [5.74, 6) is 0.171. The molecule has 3 heteroatoms. The quantitative estimate of drug-likeness (QED) is 0.858. The third kappa shape index (κ3) is 3.24. The Balaban J connectivity index is 1.79. The number of rotatable bonds is 4. The van der Waals surface area contributed by atoms with E-state index in [1.807, 2.05) is 23.1 Å². The van der Waals surface area contributed by atoms with Crippen molar-refractivity contribution in [1.82, 2.24) is 0 Å². The van der Waals surface area contributed by atoms with Crippen LogP contribution in [0.1, 0.15) is 25.0 Å². The fourth-order valence-electron chi connectivity index (χ4n) is 3.14. The van der Waals surface area contributed by atoms with Gasteiger partial charge in [-0.1, -0.05) is 35.9 Å². The fraction of sp³-hybridized carbons (Fsp3) is 0.350. The van der Waals surface area contributed by atoms with E-state index in [0.717, 1.165) is 24.3 Å². The number of carbonyl (C=O) groups is 1. The molecule has 1 heterocycles. The highest BCUT2D eigenvalue weighted by atomic mass is 16.2. The minimum absolute atomic E-state index is 0.171. The van der Waals surface area contributed by atoms with Crippen LogP contribution < -0.4 is 9.80 Å². The Kier molecular flexibility index (Phi) is 4.37. The van der Waals surface area contributed by atoms with Gasteiger partial charge in [0.05, 0.1) is 6.54 Å². The van der Waals surface area contributed by atoms with Crippen LogP contribution >= 0.6 is 0 Å². The first-order valence-corrected chi connectivity index (χ1v) is 8.28. The lowest BCUT2D eigenvalue weighted by atomic mass is 10.1. The molecule has 1 aliphatic rings. The predicted molar refractivity (Wildman–Crippen MR) is 96.2 cm³/mol. The second-order valence-electron chi connectivity index (χ2n) is 6.48. The Hall–Kier alpha value is -2.29. The summed E-state index contributed by atoms with van der Waals surface area (Å²) in [6.45, 7) is 7.54. The maximum Gasteiger partial charge on any atom is 0.246 e. The van der Waals surface area contributed by atoms with Crippen molar-refractivity contribution in [3.63, 3.8) is 0 Å². The molecule has 0 aliphatic carbocycles. The highest BCUT2D eigenvalue weighted by Gasteiger charge is 2.26. The summed E-state index contributed by atoms with van der Waals surface area (Å²) < 4.78 is 0. The fourth-order valence-corrected chi connectivity index (χ4v) is 3.14. The number of nitrogens with zero attached hydrogens (tertiary/aromatic N) is 2. The molecule has 0 N–H and O–H groups in total. The normalized spacial score (nSPS) is 13.3. The van der Waals surface area contributed by atoms with Crippen molar-refractivity contribution in [1.29, 1.82) is 0 Å². The molecule has 2 aromatic rings. The molecule has 1 amide bonds. The molecule has 23 heavy (non-hydrogen) atoms. The van der Waals surface area contributed by atoms with Gasteiger partial charge in [0.2, 0.25) is 5.91 Å². The SMILES string of the molecule is Cc1ccc(N(CC(=O)N2CCc3ccccc32)C(C)C)cc1. The molecule has 0 spiro atoms. The molecule has 0 radical (unpaired) electrons. The Labute approximate surface area is 138 Å². The van der Waals surface area contributed by atoms with Crippen molar-refractivity contribution < 1.29 is 4.79 Å². The van der Waals surface area contributed by atoms with E-state index in [0.29, 0.717) is 6.54 Å². The van der Waals surface area contributed by atoms with Crippen molar-refractivity contribution in [3.05, 3.63) is 59.7 Å². The average molecular weight is 308 g/mol. The highest BCUT2D eigenvalue weighted by Crippen LogP contribution is 2.28. The molecule has 0 atom stereocenters. The monoisotopic (exact) mass is 308 g/mol. The van der Waals surface area contributed by atoms with Crippen LogP contribution in [0.25, 0.3) is 0 Å². The van der Waals surface area contributed by atoms with Gasteiger partial charge in [0.1, 0.15) is 0 Å².